The van der Waals surface area contributed by atoms with E-state index in [1.165, 1.54) is 6.39 Å². The van der Waals surface area contributed by atoms with Gasteiger partial charge in [0.05, 0.1) is 5.92 Å². The van der Waals surface area contributed by atoms with Gasteiger partial charge in [-0.2, -0.15) is 4.98 Å². The topological polar surface area (TPSA) is 105 Å². The number of carbonyl (C=O) groups excluding carboxylic acids is 1. The first kappa shape index (κ1) is 15.2. The van der Waals surface area contributed by atoms with Crippen molar-refractivity contribution in [3.8, 4) is 11.4 Å². The lowest BCUT2D eigenvalue weighted by Crippen LogP contribution is -2.38. The fraction of sp³-hybridized carbons (Fsp3) is 0.375. The van der Waals surface area contributed by atoms with E-state index < -0.39 is 5.97 Å². The SMILES string of the molecule is O=C(NC1CCC(C(=O)O)CC1)c1ccc(-c2ncon2)cc1. The number of hydrogen-bond donors (Lipinski definition) is 2. The van der Waals surface area contributed by atoms with Crippen LogP contribution < -0.4 is 5.32 Å². The second-order valence-corrected chi connectivity index (χ2v) is 5.69. The third-order valence-corrected chi connectivity index (χ3v) is 4.18. The van der Waals surface area contributed by atoms with Gasteiger partial charge in [0.1, 0.15) is 0 Å². The minimum Gasteiger partial charge on any atom is -0.481 e. The van der Waals surface area contributed by atoms with Gasteiger partial charge < -0.3 is 14.9 Å². The van der Waals surface area contributed by atoms with E-state index in [1.54, 1.807) is 24.3 Å². The molecule has 7 nitrogen and oxygen atoms in total. The molecule has 0 radical (unpaired) electrons. The van der Waals surface area contributed by atoms with Gasteiger partial charge in [-0.25, -0.2) is 0 Å². The van der Waals surface area contributed by atoms with Crippen LogP contribution in [-0.2, 0) is 4.79 Å². The van der Waals surface area contributed by atoms with Crippen LogP contribution in [-0.4, -0.2) is 33.2 Å². The van der Waals surface area contributed by atoms with E-state index in [1.807, 2.05) is 0 Å². The summed E-state index contributed by atoms with van der Waals surface area (Å²) in [4.78, 5) is 27.1. The Morgan fingerprint density at radius 2 is 1.83 bits per heavy atom. The van der Waals surface area contributed by atoms with E-state index in [4.69, 9.17) is 9.63 Å². The van der Waals surface area contributed by atoms with E-state index >= 15 is 0 Å². The Labute approximate surface area is 132 Å². The van der Waals surface area contributed by atoms with Crippen molar-refractivity contribution in [1.82, 2.24) is 15.5 Å². The average Bonchev–Trinajstić information content (AvgIpc) is 3.10. The molecule has 1 aromatic carbocycles. The van der Waals surface area contributed by atoms with Crippen LogP contribution in [0.2, 0.25) is 0 Å². The zero-order valence-electron chi connectivity index (χ0n) is 12.4. The van der Waals surface area contributed by atoms with Crippen molar-refractivity contribution in [2.75, 3.05) is 0 Å². The first-order valence-electron chi connectivity index (χ1n) is 7.54. The number of carboxylic acids is 1. The van der Waals surface area contributed by atoms with Gasteiger partial charge in [0.2, 0.25) is 12.2 Å². The Hall–Kier alpha value is -2.70. The Morgan fingerprint density at radius 1 is 1.13 bits per heavy atom. The van der Waals surface area contributed by atoms with Gasteiger partial charge in [-0.1, -0.05) is 17.3 Å². The van der Waals surface area contributed by atoms with Crippen molar-refractivity contribution in [2.45, 2.75) is 31.7 Å². The third-order valence-electron chi connectivity index (χ3n) is 4.18. The van der Waals surface area contributed by atoms with E-state index in [0.717, 1.165) is 5.56 Å². The summed E-state index contributed by atoms with van der Waals surface area (Å²) in [5.41, 5.74) is 1.33. The monoisotopic (exact) mass is 315 g/mol. The van der Waals surface area contributed by atoms with Gasteiger partial charge in [-0.05, 0) is 37.8 Å². The molecule has 3 rings (SSSR count). The van der Waals surface area contributed by atoms with Crippen LogP contribution in [0.15, 0.2) is 35.2 Å². The normalized spacial score (nSPS) is 20.9. The Kier molecular flexibility index (Phi) is 4.36. The number of amides is 1. The van der Waals surface area contributed by atoms with Gasteiger partial charge in [-0.15, -0.1) is 0 Å². The summed E-state index contributed by atoms with van der Waals surface area (Å²) in [5, 5.41) is 15.7. The molecule has 0 unspecified atom stereocenters. The van der Waals surface area contributed by atoms with Crippen molar-refractivity contribution in [1.29, 1.82) is 0 Å². The molecule has 23 heavy (non-hydrogen) atoms. The van der Waals surface area contributed by atoms with Gasteiger partial charge >= 0.3 is 5.97 Å². The van der Waals surface area contributed by atoms with Gasteiger partial charge in [0.25, 0.3) is 5.91 Å². The number of nitrogens with one attached hydrogen (secondary N) is 1. The first-order valence-corrected chi connectivity index (χ1v) is 7.54. The molecule has 120 valence electrons. The number of rotatable bonds is 4. The highest BCUT2D eigenvalue weighted by atomic mass is 16.5. The molecule has 0 aliphatic heterocycles. The molecule has 1 heterocycles. The molecule has 1 aliphatic carbocycles. The highest BCUT2D eigenvalue weighted by Gasteiger charge is 2.26. The van der Waals surface area contributed by atoms with E-state index in [9.17, 15) is 9.59 Å². The van der Waals surface area contributed by atoms with Crippen molar-refractivity contribution in [3.63, 3.8) is 0 Å². The first-order chi connectivity index (χ1) is 11.1. The van der Waals surface area contributed by atoms with Crippen molar-refractivity contribution < 1.29 is 19.2 Å². The van der Waals surface area contributed by atoms with Crippen molar-refractivity contribution in [2.24, 2.45) is 5.92 Å². The van der Waals surface area contributed by atoms with Crippen LogP contribution in [0.3, 0.4) is 0 Å². The maximum atomic E-state index is 12.2. The van der Waals surface area contributed by atoms with Gasteiger partial charge in [0, 0.05) is 17.2 Å². The Balaban J connectivity index is 1.57. The highest BCUT2D eigenvalue weighted by molar-refractivity contribution is 5.94. The second-order valence-electron chi connectivity index (χ2n) is 5.69. The molecule has 1 saturated carbocycles. The summed E-state index contributed by atoms with van der Waals surface area (Å²) >= 11 is 0. The quantitative estimate of drug-likeness (QED) is 0.895. The van der Waals surface area contributed by atoms with Gasteiger partial charge in [-0.3, -0.25) is 9.59 Å². The molecule has 0 saturated heterocycles. The van der Waals surface area contributed by atoms with Gasteiger partial charge in [0.15, 0.2) is 0 Å². The molecule has 0 spiro atoms. The van der Waals surface area contributed by atoms with E-state index in [2.05, 4.69) is 15.5 Å². The number of aliphatic carboxylic acids is 1. The largest absolute Gasteiger partial charge is 0.481 e. The van der Waals surface area contributed by atoms with Crippen LogP contribution in [0.1, 0.15) is 36.0 Å². The lowest BCUT2D eigenvalue weighted by atomic mass is 9.86. The van der Waals surface area contributed by atoms with E-state index in [0.29, 0.717) is 37.1 Å². The number of carbonyl (C=O) groups is 2. The summed E-state index contributed by atoms with van der Waals surface area (Å²) in [5.74, 6) is -0.698. The molecule has 1 fully saturated rings. The van der Waals surface area contributed by atoms with Crippen LogP contribution in [0.4, 0.5) is 0 Å². The molecular weight excluding hydrogens is 298 g/mol. The fourth-order valence-corrected chi connectivity index (χ4v) is 2.82. The molecule has 0 bridgehead atoms. The lowest BCUT2D eigenvalue weighted by molar-refractivity contribution is -0.142. The minimum atomic E-state index is -0.744. The number of aromatic nitrogens is 2. The molecule has 1 amide bonds. The maximum Gasteiger partial charge on any atom is 0.306 e. The molecule has 2 N–H and O–H groups in total. The van der Waals surface area contributed by atoms with Crippen LogP contribution in [0.25, 0.3) is 11.4 Å². The Bertz CT molecular complexity index is 674. The highest BCUT2D eigenvalue weighted by Crippen LogP contribution is 2.24. The molecule has 7 heteroatoms. The number of hydrogen-bond acceptors (Lipinski definition) is 5. The van der Waals surface area contributed by atoms with E-state index in [-0.39, 0.29) is 17.9 Å². The summed E-state index contributed by atoms with van der Waals surface area (Å²) in [7, 11) is 0. The minimum absolute atomic E-state index is 0.0370. The predicted molar refractivity (Wildman–Crippen MR) is 80.6 cm³/mol. The lowest BCUT2D eigenvalue weighted by Gasteiger charge is -2.26. The smallest absolute Gasteiger partial charge is 0.306 e. The zero-order chi connectivity index (χ0) is 16.2. The fourth-order valence-electron chi connectivity index (χ4n) is 2.82. The predicted octanol–water partition coefficient (Wildman–Crippen LogP) is 2.11. The molecular formula is C16H17N3O4. The summed E-state index contributed by atoms with van der Waals surface area (Å²) in [6.45, 7) is 0. The second kappa shape index (κ2) is 6.60. The summed E-state index contributed by atoms with van der Waals surface area (Å²) in [6.07, 6.45) is 3.87. The summed E-state index contributed by atoms with van der Waals surface area (Å²) < 4.78 is 4.69. The average molecular weight is 315 g/mol. The van der Waals surface area contributed by atoms with Crippen LogP contribution in [0, 0.1) is 5.92 Å². The summed E-state index contributed by atoms with van der Waals surface area (Å²) in [6, 6.07) is 6.99. The molecule has 0 atom stereocenters. The number of carboxylic acid groups (broad SMARTS) is 1. The Morgan fingerprint density at radius 3 is 2.39 bits per heavy atom. The van der Waals surface area contributed by atoms with Crippen molar-refractivity contribution >= 4 is 11.9 Å². The molecule has 2 aromatic rings. The molecule has 1 aromatic heterocycles. The van der Waals surface area contributed by atoms with Crippen LogP contribution in [0.5, 0.6) is 0 Å². The van der Waals surface area contributed by atoms with Crippen LogP contribution >= 0.6 is 0 Å². The standard InChI is InChI=1S/C16H17N3O4/c20-15(18-13-7-5-12(6-8-13)16(21)22)11-3-1-10(2-4-11)14-17-9-23-19-14/h1-4,9,12-13H,5-8H2,(H,18,20)(H,21,22). The number of benzene rings is 1. The third kappa shape index (κ3) is 3.56. The molecule has 1 aliphatic rings. The maximum absolute atomic E-state index is 12.2. The zero-order valence-corrected chi connectivity index (χ0v) is 12.4. The number of nitrogens with zero attached hydrogens (tertiary/aromatic N) is 2. The van der Waals surface area contributed by atoms with Crippen molar-refractivity contribution in [3.05, 3.63) is 36.2 Å².